The summed E-state index contributed by atoms with van der Waals surface area (Å²) in [7, 11) is 0. The lowest BCUT2D eigenvalue weighted by Crippen LogP contribution is -2.40. The minimum Gasteiger partial charge on any atom is -0.395 e. The first-order chi connectivity index (χ1) is 16.8. The number of nitrogens with zero attached hydrogens (tertiary/aromatic N) is 1. The minimum absolute atomic E-state index is 0.0699. The Balaban J connectivity index is 1.46. The molecule has 3 heterocycles. The van der Waals surface area contributed by atoms with Gasteiger partial charge in [-0.05, 0) is 47.5 Å². The molecule has 3 aromatic carbocycles. The van der Waals surface area contributed by atoms with Crippen molar-refractivity contribution in [2.75, 3.05) is 26.3 Å². The number of amides is 2. The molecule has 0 saturated carbocycles. The van der Waals surface area contributed by atoms with Gasteiger partial charge in [0.2, 0.25) is 0 Å². The number of alkyl halides is 2. The number of H-pyrrole nitrogens is 1. The van der Waals surface area contributed by atoms with E-state index in [0.29, 0.717) is 59.4 Å². The Kier molecular flexibility index (Phi) is 4.68. The molecule has 2 amide bonds. The van der Waals surface area contributed by atoms with Gasteiger partial charge < -0.3 is 29.8 Å². The van der Waals surface area contributed by atoms with Crippen LogP contribution < -0.4 is 15.2 Å². The number of rotatable bonds is 3. The summed E-state index contributed by atoms with van der Waals surface area (Å²) in [6, 6.07) is 13.1. The molecular weight excluding hydrogens is 460 g/mol. The van der Waals surface area contributed by atoms with E-state index in [1.807, 2.05) is 12.1 Å². The number of aromatic amines is 1. The highest BCUT2D eigenvalue weighted by molar-refractivity contribution is 6.17. The molecule has 3 N–H and O–H groups in total. The van der Waals surface area contributed by atoms with Crippen LogP contribution in [0.15, 0.2) is 48.5 Å². The molecule has 0 spiro atoms. The van der Waals surface area contributed by atoms with Crippen LogP contribution in [0.25, 0.3) is 32.9 Å². The van der Waals surface area contributed by atoms with Gasteiger partial charge in [-0.3, -0.25) is 9.59 Å². The average molecular weight is 479 g/mol. The lowest BCUT2D eigenvalue weighted by molar-refractivity contribution is -0.286. The number of nitrogens with one attached hydrogen (secondary N) is 1. The summed E-state index contributed by atoms with van der Waals surface area (Å²) in [5, 5.41) is 1.50. The zero-order valence-electron chi connectivity index (χ0n) is 18.3. The van der Waals surface area contributed by atoms with Crippen molar-refractivity contribution in [3.05, 3.63) is 59.7 Å². The zero-order valence-corrected chi connectivity index (χ0v) is 18.3. The molecule has 1 aromatic heterocycles. The van der Waals surface area contributed by atoms with Crippen LogP contribution in [0.3, 0.4) is 0 Å². The van der Waals surface area contributed by atoms with Gasteiger partial charge in [0.25, 0.3) is 11.8 Å². The van der Waals surface area contributed by atoms with Gasteiger partial charge in [-0.25, -0.2) is 0 Å². The topological polar surface area (TPSA) is 107 Å². The first-order valence-electron chi connectivity index (χ1n) is 11.0. The largest absolute Gasteiger partial charge is 0.586 e. The van der Waals surface area contributed by atoms with E-state index in [-0.39, 0.29) is 23.0 Å². The van der Waals surface area contributed by atoms with Crippen LogP contribution in [-0.4, -0.2) is 54.3 Å². The SMILES string of the molecule is NC(=O)c1cc(-c2ccc3c(c2)OC(F)(F)O3)cc2c1[nH]c1cc(C(=O)N3CCOCC3)ccc12. The lowest BCUT2D eigenvalue weighted by Gasteiger charge is -2.26. The van der Waals surface area contributed by atoms with E-state index in [4.69, 9.17) is 10.5 Å². The summed E-state index contributed by atoms with van der Waals surface area (Å²) in [6.45, 7) is 2.06. The fraction of sp³-hybridized carbons (Fsp3) is 0.200. The number of ether oxygens (including phenoxy) is 3. The predicted molar refractivity (Wildman–Crippen MR) is 123 cm³/mol. The first kappa shape index (κ1) is 21.4. The second-order valence-electron chi connectivity index (χ2n) is 8.43. The highest BCUT2D eigenvalue weighted by Gasteiger charge is 2.43. The van der Waals surface area contributed by atoms with E-state index in [1.54, 1.807) is 29.2 Å². The Morgan fingerprint density at radius 1 is 0.914 bits per heavy atom. The van der Waals surface area contributed by atoms with Crippen molar-refractivity contribution in [3.63, 3.8) is 0 Å². The average Bonchev–Trinajstić information content (AvgIpc) is 3.37. The van der Waals surface area contributed by atoms with E-state index in [1.165, 1.54) is 12.1 Å². The smallest absolute Gasteiger partial charge is 0.395 e. The number of carbonyl (C=O) groups is 2. The van der Waals surface area contributed by atoms with Gasteiger partial charge >= 0.3 is 6.29 Å². The molecular formula is C25H19F2N3O5. The quantitative estimate of drug-likeness (QED) is 0.464. The Labute approximate surface area is 197 Å². The summed E-state index contributed by atoms with van der Waals surface area (Å²) in [6.07, 6.45) is -3.73. The maximum absolute atomic E-state index is 13.4. The standard InChI is InChI=1S/C25H19F2N3O5/c26-25(27)34-20-4-2-13(12-21(20)35-25)15-9-17-16-3-1-14(24(32)30-5-7-33-8-6-30)11-19(16)29-22(17)18(10-15)23(28)31/h1-4,9-12,29H,5-8H2,(H2,28,31). The Hall–Kier alpha value is -4.18. The minimum atomic E-state index is -3.73. The molecule has 1 saturated heterocycles. The zero-order chi connectivity index (χ0) is 24.3. The number of nitrogens with two attached hydrogens (primary N) is 1. The number of halogens is 2. The maximum atomic E-state index is 13.4. The summed E-state index contributed by atoms with van der Waals surface area (Å²) < 4.78 is 41.2. The summed E-state index contributed by atoms with van der Waals surface area (Å²) >= 11 is 0. The Bertz CT molecular complexity index is 1520. The second kappa shape index (κ2) is 7.67. The highest BCUT2D eigenvalue weighted by atomic mass is 19.3. The molecule has 0 bridgehead atoms. The molecule has 0 aliphatic carbocycles. The molecule has 178 valence electrons. The number of hydrogen-bond donors (Lipinski definition) is 2. The highest BCUT2D eigenvalue weighted by Crippen LogP contribution is 2.43. The lowest BCUT2D eigenvalue weighted by atomic mass is 9.98. The van der Waals surface area contributed by atoms with Crippen molar-refractivity contribution >= 4 is 33.6 Å². The monoisotopic (exact) mass is 479 g/mol. The third-order valence-electron chi connectivity index (χ3n) is 6.25. The summed E-state index contributed by atoms with van der Waals surface area (Å²) in [5.41, 5.74) is 8.75. The normalized spacial score (nSPS) is 16.7. The Morgan fingerprint density at radius 3 is 2.46 bits per heavy atom. The number of fused-ring (bicyclic) bond motifs is 4. The van der Waals surface area contributed by atoms with E-state index in [0.717, 1.165) is 5.39 Å². The van der Waals surface area contributed by atoms with Gasteiger partial charge in [0.1, 0.15) is 0 Å². The van der Waals surface area contributed by atoms with Crippen LogP contribution in [0.1, 0.15) is 20.7 Å². The van der Waals surface area contributed by atoms with Crippen molar-refractivity contribution in [1.29, 1.82) is 0 Å². The molecule has 6 rings (SSSR count). The summed E-state index contributed by atoms with van der Waals surface area (Å²) in [5.74, 6) is -0.917. The molecule has 35 heavy (non-hydrogen) atoms. The second-order valence-corrected chi connectivity index (χ2v) is 8.43. The van der Waals surface area contributed by atoms with Crippen LogP contribution in [0.5, 0.6) is 11.5 Å². The van der Waals surface area contributed by atoms with Gasteiger partial charge in [-0.1, -0.05) is 12.1 Å². The van der Waals surface area contributed by atoms with Crippen molar-refractivity contribution in [3.8, 4) is 22.6 Å². The van der Waals surface area contributed by atoms with E-state index >= 15 is 0 Å². The van der Waals surface area contributed by atoms with Gasteiger partial charge in [0.05, 0.1) is 24.3 Å². The first-order valence-corrected chi connectivity index (χ1v) is 11.0. The molecule has 8 nitrogen and oxygen atoms in total. The molecule has 10 heteroatoms. The summed E-state index contributed by atoms with van der Waals surface area (Å²) in [4.78, 5) is 30.2. The van der Waals surface area contributed by atoms with Crippen LogP contribution in [-0.2, 0) is 4.74 Å². The molecule has 4 aromatic rings. The number of benzene rings is 3. The number of carbonyl (C=O) groups excluding carboxylic acids is 2. The van der Waals surface area contributed by atoms with Crippen LogP contribution in [0.4, 0.5) is 8.78 Å². The van der Waals surface area contributed by atoms with Gasteiger partial charge in [-0.2, -0.15) is 0 Å². The van der Waals surface area contributed by atoms with Crippen molar-refractivity contribution in [2.45, 2.75) is 6.29 Å². The molecule has 1 fully saturated rings. The third kappa shape index (κ3) is 3.62. The van der Waals surface area contributed by atoms with E-state index < -0.39 is 12.2 Å². The number of morpholine rings is 1. The molecule has 2 aliphatic rings. The van der Waals surface area contributed by atoms with Crippen LogP contribution in [0, 0.1) is 0 Å². The molecule has 0 atom stereocenters. The number of primary amides is 1. The number of hydrogen-bond acceptors (Lipinski definition) is 5. The van der Waals surface area contributed by atoms with Gasteiger partial charge in [0.15, 0.2) is 11.5 Å². The number of aromatic nitrogens is 1. The fourth-order valence-corrected chi connectivity index (χ4v) is 4.58. The van der Waals surface area contributed by atoms with E-state index in [9.17, 15) is 18.4 Å². The van der Waals surface area contributed by atoms with E-state index in [2.05, 4.69) is 14.5 Å². The van der Waals surface area contributed by atoms with Crippen molar-refractivity contribution < 1.29 is 32.6 Å². The van der Waals surface area contributed by atoms with Crippen LogP contribution >= 0.6 is 0 Å². The molecule has 0 unspecified atom stereocenters. The fourth-order valence-electron chi connectivity index (χ4n) is 4.58. The van der Waals surface area contributed by atoms with Gasteiger partial charge in [-0.15, -0.1) is 8.78 Å². The molecule has 0 radical (unpaired) electrons. The van der Waals surface area contributed by atoms with Gasteiger partial charge in [0, 0.05) is 34.9 Å². The van der Waals surface area contributed by atoms with Crippen LogP contribution in [0.2, 0.25) is 0 Å². The predicted octanol–water partition coefficient (Wildman–Crippen LogP) is 3.88. The van der Waals surface area contributed by atoms with Crippen molar-refractivity contribution in [2.24, 2.45) is 5.73 Å². The maximum Gasteiger partial charge on any atom is 0.586 e. The van der Waals surface area contributed by atoms with Crippen molar-refractivity contribution in [1.82, 2.24) is 9.88 Å². The molecule has 2 aliphatic heterocycles. The third-order valence-corrected chi connectivity index (χ3v) is 6.25. The Morgan fingerprint density at radius 2 is 1.69 bits per heavy atom.